The average Bonchev–Trinajstić information content (AvgIpc) is 3.28. The quantitative estimate of drug-likeness (QED) is 0.665. The number of rotatable bonds is 6. The summed E-state index contributed by atoms with van der Waals surface area (Å²) in [5, 5.41) is 5.45. The van der Waals surface area contributed by atoms with Gasteiger partial charge in [-0.1, -0.05) is 6.07 Å². The van der Waals surface area contributed by atoms with Crippen molar-refractivity contribution in [3.63, 3.8) is 0 Å². The van der Waals surface area contributed by atoms with Crippen LogP contribution in [0, 0.1) is 0 Å². The molecule has 29 heavy (non-hydrogen) atoms. The first-order valence-electron chi connectivity index (χ1n) is 8.94. The van der Waals surface area contributed by atoms with Crippen LogP contribution in [0.5, 0.6) is 17.2 Å². The van der Waals surface area contributed by atoms with Gasteiger partial charge >= 0.3 is 0 Å². The highest BCUT2D eigenvalue weighted by Crippen LogP contribution is 2.32. The Morgan fingerprint density at radius 1 is 0.897 bits per heavy atom. The number of carbonyl (C=O) groups excluding carboxylic acids is 2. The van der Waals surface area contributed by atoms with Crippen LogP contribution in [0.15, 0.2) is 65.3 Å². The third-order valence-electron chi connectivity index (χ3n) is 4.03. The molecule has 0 atom stereocenters. The molecule has 0 saturated heterocycles. The van der Waals surface area contributed by atoms with Crippen molar-refractivity contribution < 1.29 is 28.2 Å². The summed E-state index contributed by atoms with van der Waals surface area (Å²) in [5.74, 6) is 1.19. The molecular formula is C21H18N2O6. The fourth-order valence-corrected chi connectivity index (χ4v) is 2.73. The maximum Gasteiger partial charge on any atom is 0.291 e. The predicted molar refractivity (Wildman–Crippen MR) is 105 cm³/mol. The van der Waals surface area contributed by atoms with E-state index in [9.17, 15) is 9.59 Å². The Balaban J connectivity index is 1.32. The summed E-state index contributed by atoms with van der Waals surface area (Å²) in [6.07, 6.45) is 1.43. The largest absolute Gasteiger partial charge is 0.486 e. The van der Waals surface area contributed by atoms with Crippen molar-refractivity contribution in [3.8, 4) is 17.2 Å². The van der Waals surface area contributed by atoms with E-state index in [-0.39, 0.29) is 24.2 Å². The van der Waals surface area contributed by atoms with Crippen molar-refractivity contribution >= 4 is 23.2 Å². The first-order chi connectivity index (χ1) is 14.2. The minimum Gasteiger partial charge on any atom is -0.486 e. The van der Waals surface area contributed by atoms with Gasteiger partial charge in [-0.3, -0.25) is 9.59 Å². The molecule has 1 aromatic heterocycles. The van der Waals surface area contributed by atoms with Crippen LogP contribution >= 0.6 is 0 Å². The van der Waals surface area contributed by atoms with Gasteiger partial charge in [0, 0.05) is 23.5 Å². The zero-order chi connectivity index (χ0) is 20.1. The van der Waals surface area contributed by atoms with Crippen molar-refractivity contribution in [2.45, 2.75) is 0 Å². The topological polar surface area (TPSA) is 99.0 Å². The molecule has 2 heterocycles. The molecule has 2 amide bonds. The van der Waals surface area contributed by atoms with E-state index in [1.54, 1.807) is 54.6 Å². The lowest BCUT2D eigenvalue weighted by atomic mass is 10.2. The smallest absolute Gasteiger partial charge is 0.291 e. The van der Waals surface area contributed by atoms with Crippen molar-refractivity contribution in [1.82, 2.24) is 0 Å². The minimum atomic E-state index is -0.372. The third-order valence-corrected chi connectivity index (χ3v) is 4.03. The van der Waals surface area contributed by atoms with E-state index in [0.29, 0.717) is 41.8 Å². The Hall–Kier alpha value is -3.94. The molecule has 0 aliphatic carbocycles. The van der Waals surface area contributed by atoms with Gasteiger partial charge in [0.2, 0.25) is 0 Å². The first-order valence-corrected chi connectivity index (χ1v) is 8.94. The first kappa shape index (κ1) is 18.4. The third kappa shape index (κ3) is 4.67. The number of hydrogen-bond donors (Lipinski definition) is 2. The van der Waals surface area contributed by atoms with Crippen LogP contribution in [0.2, 0.25) is 0 Å². The molecule has 0 fully saturated rings. The van der Waals surface area contributed by atoms with Gasteiger partial charge in [0.15, 0.2) is 23.9 Å². The molecule has 4 rings (SSSR count). The summed E-state index contributed by atoms with van der Waals surface area (Å²) in [4.78, 5) is 24.2. The van der Waals surface area contributed by atoms with Crippen molar-refractivity contribution in [1.29, 1.82) is 0 Å². The summed E-state index contributed by atoms with van der Waals surface area (Å²) in [6.45, 7) is 0.790. The summed E-state index contributed by atoms with van der Waals surface area (Å²) in [7, 11) is 0. The highest BCUT2D eigenvalue weighted by atomic mass is 16.6. The second kappa shape index (κ2) is 8.39. The molecule has 0 saturated carbocycles. The van der Waals surface area contributed by atoms with Crippen LogP contribution in [0.1, 0.15) is 10.6 Å². The predicted octanol–water partition coefficient (Wildman–Crippen LogP) is 3.32. The standard InChI is InChI=1S/C21H18N2O6/c24-20(22-15-6-7-17-19(12-15)28-10-9-27-17)13-29-16-4-1-3-14(11-16)23-21(25)18-5-2-8-26-18/h1-8,11-12H,9-10,13H2,(H,22,24)(H,23,25). The van der Waals surface area contributed by atoms with E-state index in [1.807, 2.05) is 0 Å². The lowest BCUT2D eigenvalue weighted by molar-refractivity contribution is -0.118. The Morgan fingerprint density at radius 3 is 2.55 bits per heavy atom. The zero-order valence-electron chi connectivity index (χ0n) is 15.3. The van der Waals surface area contributed by atoms with Gasteiger partial charge in [0.25, 0.3) is 11.8 Å². The number of fused-ring (bicyclic) bond motifs is 1. The number of carbonyl (C=O) groups is 2. The molecule has 2 N–H and O–H groups in total. The van der Waals surface area contributed by atoms with Crippen LogP contribution in [0.25, 0.3) is 0 Å². The molecule has 3 aromatic rings. The molecule has 0 bridgehead atoms. The molecule has 0 radical (unpaired) electrons. The molecule has 0 unspecified atom stereocenters. The van der Waals surface area contributed by atoms with Gasteiger partial charge in [0.1, 0.15) is 19.0 Å². The average molecular weight is 394 g/mol. The SMILES string of the molecule is O=C(COc1cccc(NC(=O)c2ccco2)c1)Nc1ccc2c(c1)OCCO2. The van der Waals surface area contributed by atoms with E-state index in [0.717, 1.165) is 0 Å². The van der Waals surface area contributed by atoms with Crippen molar-refractivity contribution in [3.05, 3.63) is 66.6 Å². The minimum absolute atomic E-state index is 0.190. The lowest BCUT2D eigenvalue weighted by Crippen LogP contribution is -2.21. The maximum absolute atomic E-state index is 12.2. The van der Waals surface area contributed by atoms with Crippen LogP contribution in [-0.2, 0) is 4.79 Å². The van der Waals surface area contributed by atoms with Crippen LogP contribution < -0.4 is 24.8 Å². The van der Waals surface area contributed by atoms with E-state index in [4.69, 9.17) is 18.6 Å². The van der Waals surface area contributed by atoms with Crippen LogP contribution in [0.3, 0.4) is 0 Å². The Bertz CT molecular complexity index is 1020. The fourth-order valence-electron chi connectivity index (χ4n) is 2.73. The summed E-state index contributed by atoms with van der Waals surface area (Å²) in [6, 6.07) is 15.1. The van der Waals surface area contributed by atoms with Crippen LogP contribution in [-0.4, -0.2) is 31.6 Å². The van der Waals surface area contributed by atoms with Gasteiger partial charge in [-0.25, -0.2) is 0 Å². The Kier molecular flexibility index (Phi) is 5.33. The van der Waals surface area contributed by atoms with E-state index in [2.05, 4.69) is 10.6 Å². The van der Waals surface area contributed by atoms with Crippen molar-refractivity contribution in [2.24, 2.45) is 0 Å². The van der Waals surface area contributed by atoms with Gasteiger partial charge in [-0.15, -0.1) is 0 Å². The number of hydrogen-bond acceptors (Lipinski definition) is 6. The number of benzene rings is 2. The van der Waals surface area contributed by atoms with Gasteiger partial charge in [0.05, 0.1) is 6.26 Å². The molecule has 1 aliphatic heterocycles. The van der Waals surface area contributed by atoms with Crippen molar-refractivity contribution in [2.75, 3.05) is 30.5 Å². The summed E-state index contributed by atoms with van der Waals surface area (Å²) < 4.78 is 21.5. The summed E-state index contributed by atoms with van der Waals surface area (Å²) >= 11 is 0. The zero-order valence-corrected chi connectivity index (χ0v) is 15.3. The van der Waals surface area contributed by atoms with E-state index < -0.39 is 0 Å². The number of anilines is 2. The van der Waals surface area contributed by atoms with Gasteiger partial charge in [-0.2, -0.15) is 0 Å². The van der Waals surface area contributed by atoms with Gasteiger partial charge < -0.3 is 29.3 Å². The van der Waals surface area contributed by atoms with Gasteiger partial charge in [-0.05, 0) is 36.4 Å². The number of furan rings is 1. The fraction of sp³-hybridized carbons (Fsp3) is 0.143. The van der Waals surface area contributed by atoms with Crippen LogP contribution in [0.4, 0.5) is 11.4 Å². The molecule has 148 valence electrons. The Morgan fingerprint density at radius 2 is 1.72 bits per heavy atom. The molecule has 8 heteroatoms. The molecular weight excluding hydrogens is 376 g/mol. The monoisotopic (exact) mass is 394 g/mol. The summed E-state index contributed by atoms with van der Waals surface area (Å²) in [5.41, 5.74) is 1.11. The molecule has 8 nitrogen and oxygen atoms in total. The molecule has 0 spiro atoms. The Labute approximate surface area is 166 Å². The normalized spacial score (nSPS) is 12.1. The second-order valence-electron chi connectivity index (χ2n) is 6.15. The lowest BCUT2D eigenvalue weighted by Gasteiger charge is -2.19. The highest BCUT2D eigenvalue weighted by molar-refractivity contribution is 6.02. The molecule has 1 aliphatic rings. The second-order valence-corrected chi connectivity index (χ2v) is 6.15. The van der Waals surface area contributed by atoms with E-state index >= 15 is 0 Å². The van der Waals surface area contributed by atoms with E-state index in [1.165, 1.54) is 6.26 Å². The highest BCUT2D eigenvalue weighted by Gasteiger charge is 2.13. The maximum atomic E-state index is 12.2. The molecule has 2 aromatic carbocycles. The number of nitrogens with one attached hydrogen (secondary N) is 2. The number of ether oxygens (including phenoxy) is 3. The number of amides is 2.